The zero-order valence-corrected chi connectivity index (χ0v) is 11.8. The van der Waals surface area contributed by atoms with Gasteiger partial charge in [0.2, 0.25) is 0 Å². The van der Waals surface area contributed by atoms with Gasteiger partial charge in [-0.3, -0.25) is 0 Å². The zero-order chi connectivity index (χ0) is 13.5. The summed E-state index contributed by atoms with van der Waals surface area (Å²) in [6.07, 6.45) is 5.45. The van der Waals surface area contributed by atoms with E-state index in [4.69, 9.17) is 4.74 Å². The minimum Gasteiger partial charge on any atom is -0.392 e. The quantitative estimate of drug-likeness (QED) is 0.802. The zero-order valence-electron chi connectivity index (χ0n) is 11.8. The van der Waals surface area contributed by atoms with Crippen LogP contribution >= 0.6 is 0 Å². The molecule has 3 heteroatoms. The summed E-state index contributed by atoms with van der Waals surface area (Å²) in [5, 5.41) is 13.6. The molecule has 1 aliphatic carbocycles. The molecule has 1 aliphatic rings. The van der Waals surface area contributed by atoms with Crippen LogP contribution in [0.5, 0.6) is 0 Å². The van der Waals surface area contributed by atoms with Gasteiger partial charge in [-0.15, -0.1) is 0 Å². The van der Waals surface area contributed by atoms with Gasteiger partial charge in [0.25, 0.3) is 0 Å². The van der Waals surface area contributed by atoms with E-state index in [9.17, 15) is 5.11 Å². The maximum Gasteiger partial charge on any atom is 0.0713 e. The molecule has 0 aromatic heterocycles. The van der Waals surface area contributed by atoms with Crippen molar-refractivity contribution in [1.29, 1.82) is 0 Å². The normalized spacial score (nSPS) is 24.1. The molecule has 0 heterocycles. The maximum atomic E-state index is 10.1. The van der Waals surface area contributed by atoms with E-state index in [-0.39, 0.29) is 12.1 Å². The van der Waals surface area contributed by atoms with Gasteiger partial charge in [-0.05, 0) is 24.0 Å². The van der Waals surface area contributed by atoms with Gasteiger partial charge in [0, 0.05) is 19.7 Å². The van der Waals surface area contributed by atoms with Gasteiger partial charge < -0.3 is 15.2 Å². The molecule has 19 heavy (non-hydrogen) atoms. The van der Waals surface area contributed by atoms with E-state index in [2.05, 4.69) is 29.6 Å². The highest BCUT2D eigenvalue weighted by molar-refractivity contribution is 5.22. The standard InChI is InChI=1S/C16H25NO2/c1-19-12-14-7-5-6-13(10-14)11-17-15-8-3-2-4-9-16(15)18/h5-7,10,15-18H,2-4,8-9,11-12H2,1H3. The molecule has 2 atom stereocenters. The lowest BCUT2D eigenvalue weighted by atomic mass is 10.1. The Balaban J connectivity index is 1.88. The number of benzene rings is 1. The molecule has 1 fully saturated rings. The largest absolute Gasteiger partial charge is 0.392 e. The average Bonchev–Trinajstić information content (AvgIpc) is 2.62. The van der Waals surface area contributed by atoms with Gasteiger partial charge in [0.1, 0.15) is 0 Å². The third-order valence-electron chi connectivity index (χ3n) is 3.85. The fourth-order valence-corrected chi connectivity index (χ4v) is 2.77. The number of methoxy groups -OCH3 is 1. The Morgan fingerprint density at radius 1 is 1.21 bits per heavy atom. The van der Waals surface area contributed by atoms with Crippen LogP contribution in [0.3, 0.4) is 0 Å². The first-order valence-electron chi connectivity index (χ1n) is 7.28. The van der Waals surface area contributed by atoms with Crippen molar-refractivity contribution in [3.8, 4) is 0 Å². The second-order valence-corrected chi connectivity index (χ2v) is 5.45. The van der Waals surface area contributed by atoms with Crippen molar-refractivity contribution in [1.82, 2.24) is 5.32 Å². The van der Waals surface area contributed by atoms with E-state index in [1.165, 1.54) is 24.0 Å². The number of hydrogen-bond acceptors (Lipinski definition) is 3. The second kappa shape index (κ2) is 7.63. The molecule has 0 radical (unpaired) electrons. The SMILES string of the molecule is COCc1cccc(CNC2CCCCCC2O)c1. The third-order valence-corrected chi connectivity index (χ3v) is 3.85. The van der Waals surface area contributed by atoms with Gasteiger partial charge in [0.15, 0.2) is 0 Å². The summed E-state index contributed by atoms with van der Waals surface area (Å²) in [5.41, 5.74) is 2.45. The highest BCUT2D eigenvalue weighted by Crippen LogP contribution is 2.18. The number of aliphatic hydroxyl groups excluding tert-OH is 1. The Morgan fingerprint density at radius 3 is 2.84 bits per heavy atom. The first-order valence-corrected chi connectivity index (χ1v) is 7.28. The van der Waals surface area contributed by atoms with Crippen molar-refractivity contribution in [3.05, 3.63) is 35.4 Å². The second-order valence-electron chi connectivity index (χ2n) is 5.45. The molecule has 1 aromatic carbocycles. The number of nitrogens with one attached hydrogen (secondary N) is 1. The van der Waals surface area contributed by atoms with Crippen LogP contribution in [0.15, 0.2) is 24.3 Å². The first kappa shape index (κ1) is 14.5. The van der Waals surface area contributed by atoms with E-state index >= 15 is 0 Å². The summed E-state index contributed by atoms with van der Waals surface area (Å²) in [7, 11) is 1.72. The third kappa shape index (κ3) is 4.60. The molecule has 0 bridgehead atoms. The maximum absolute atomic E-state index is 10.1. The lowest BCUT2D eigenvalue weighted by molar-refractivity contribution is 0.119. The number of ether oxygens (including phenoxy) is 1. The van der Waals surface area contributed by atoms with Crippen molar-refractivity contribution in [2.24, 2.45) is 0 Å². The summed E-state index contributed by atoms with van der Waals surface area (Å²) in [4.78, 5) is 0. The minimum absolute atomic E-state index is 0.190. The van der Waals surface area contributed by atoms with Crippen LogP contribution in [-0.4, -0.2) is 24.4 Å². The van der Waals surface area contributed by atoms with E-state index < -0.39 is 0 Å². The van der Waals surface area contributed by atoms with Crippen molar-refractivity contribution >= 4 is 0 Å². The van der Waals surface area contributed by atoms with Gasteiger partial charge in [-0.25, -0.2) is 0 Å². The van der Waals surface area contributed by atoms with Crippen LogP contribution in [0.1, 0.15) is 43.2 Å². The van der Waals surface area contributed by atoms with Crippen molar-refractivity contribution < 1.29 is 9.84 Å². The summed E-state index contributed by atoms with van der Waals surface area (Å²) < 4.78 is 5.15. The van der Waals surface area contributed by atoms with Crippen LogP contribution in [0.25, 0.3) is 0 Å². The molecule has 106 valence electrons. The summed E-state index contributed by atoms with van der Waals surface area (Å²) in [5.74, 6) is 0. The Bertz CT molecular complexity index is 381. The van der Waals surface area contributed by atoms with Crippen molar-refractivity contribution in [2.45, 2.75) is 57.4 Å². The fourth-order valence-electron chi connectivity index (χ4n) is 2.77. The summed E-state index contributed by atoms with van der Waals surface area (Å²) in [6.45, 7) is 1.47. The molecule has 2 N–H and O–H groups in total. The highest BCUT2D eigenvalue weighted by Gasteiger charge is 2.20. The molecule has 3 nitrogen and oxygen atoms in total. The topological polar surface area (TPSA) is 41.5 Å². The van der Waals surface area contributed by atoms with E-state index in [0.29, 0.717) is 6.61 Å². The predicted octanol–water partition coefficient (Wildman–Crippen LogP) is 2.62. The van der Waals surface area contributed by atoms with Crippen molar-refractivity contribution in [3.63, 3.8) is 0 Å². The molecule has 0 amide bonds. The van der Waals surface area contributed by atoms with Crippen LogP contribution in [0, 0.1) is 0 Å². The van der Waals surface area contributed by atoms with Gasteiger partial charge >= 0.3 is 0 Å². The van der Waals surface area contributed by atoms with Gasteiger partial charge in [0.05, 0.1) is 12.7 Å². The lowest BCUT2D eigenvalue weighted by Crippen LogP contribution is -2.38. The van der Waals surface area contributed by atoms with Gasteiger partial charge in [-0.1, -0.05) is 43.5 Å². The van der Waals surface area contributed by atoms with Crippen molar-refractivity contribution in [2.75, 3.05) is 7.11 Å². The predicted molar refractivity (Wildman–Crippen MR) is 76.9 cm³/mol. The molecule has 0 spiro atoms. The fraction of sp³-hybridized carbons (Fsp3) is 0.625. The molecule has 1 saturated carbocycles. The molecular weight excluding hydrogens is 238 g/mol. The molecule has 0 aliphatic heterocycles. The number of aliphatic hydroxyl groups is 1. The summed E-state index contributed by atoms with van der Waals surface area (Å²) >= 11 is 0. The van der Waals surface area contributed by atoms with Crippen LogP contribution in [0.2, 0.25) is 0 Å². The smallest absolute Gasteiger partial charge is 0.0713 e. The van der Waals surface area contributed by atoms with Crippen LogP contribution in [0.4, 0.5) is 0 Å². The summed E-state index contributed by atoms with van der Waals surface area (Å²) in [6, 6.07) is 8.67. The number of hydrogen-bond donors (Lipinski definition) is 2. The van der Waals surface area contributed by atoms with E-state index in [1.807, 2.05) is 0 Å². The number of rotatable bonds is 5. The molecule has 0 saturated heterocycles. The minimum atomic E-state index is -0.190. The molecule has 2 unspecified atom stereocenters. The Hall–Kier alpha value is -0.900. The molecule has 1 aromatic rings. The Morgan fingerprint density at radius 2 is 2.00 bits per heavy atom. The Labute approximate surface area is 116 Å². The monoisotopic (exact) mass is 263 g/mol. The van der Waals surface area contributed by atoms with E-state index in [1.54, 1.807) is 7.11 Å². The molecule has 2 rings (SSSR count). The lowest BCUT2D eigenvalue weighted by Gasteiger charge is -2.22. The van der Waals surface area contributed by atoms with E-state index in [0.717, 1.165) is 25.8 Å². The van der Waals surface area contributed by atoms with Crippen LogP contribution < -0.4 is 5.32 Å². The first-order chi connectivity index (χ1) is 9.29. The highest BCUT2D eigenvalue weighted by atomic mass is 16.5. The molecular formula is C16H25NO2. The van der Waals surface area contributed by atoms with Crippen LogP contribution in [-0.2, 0) is 17.9 Å². The average molecular weight is 263 g/mol. The Kier molecular flexibility index (Phi) is 5.83. The van der Waals surface area contributed by atoms with Gasteiger partial charge in [-0.2, -0.15) is 0 Å².